The Hall–Kier alpha value is -1.03. The van der Waals surface area contributed by atoms with E-state index in [1.54, 1.807) is 0 Å². The fourth-order valence-corrected chi connectivity index (χ4v) is 3.47. The van der Waals surface area contributed by atoms with Gasteiger partial charge in [-0.1, -0.05) is 35.8 Å². The summed E-state index contributed by atoms with van der Waals surface area (Å²) in [4.78, 5) is 12.6. The summed E-state index contributed by atoms with van der Waals surface area (Å²) in [6, 6.07) is 7.92. The maximum Gasteiger partial charge on any atom is 0.332 e. The number of anilines is 1. The summed E-state index contributed by atoms with van der Waals surface area (Å²) in [6.07, 6.45) is 2.87. The summed E-state index contributed by atoms with van der Waals surface area (Å²) in [6.45, 7) is 6.55. The van der Waals surface area contributed by atoms with Crippen LogP contribution in [0.4, 0.5) is 5.69 Å². The van der Waals surface area contributed by atoms with Gasteiger partial charge in [0.05, 0.1) is 6.61 Å². The van der Waals surface area contributed by atoms with E-state index in [-0.39, 0.29) is 11.4 Å². The molecule has 2 rings (SSSR count). The summed E-state index contributed by atoms with van der Waals surface area (Å²) in [5.41, 5.74) is 0.188. The molecule has 1 aliphatic rings. The van der Waals surface area contributed by atoms with Crippen LogP contribution in [0, 0.1) is 5.41 Å². The smallest absolute Gasteiger partial charge is 0.332 e. The largest absolute Gasteiger partial charge is 0.464 e. The van der Waals surface area contributed by atoms with Crippen molar-refractivity contribution in [2.45, 2.75) is 45.6 Å². The normalized spacial score (nSPS) is 24.4. The summed E-state index contributed by atoms with van der Waals surface area (Å²) in [7, 11) is 0. The molecule has 110 valence electrons. The predicted molar refractivity (Wildman–Crippen MR) is 84.8 cm³/mol. The lowest BCUT2D eigenvalue weighted by atomic mass is 9.74. The van der Waals surface area contributed by atoms with Crippen LogP contribution >= 0.6 is 15.9 Å². The Morgan fingerprint density at radius 2 is 2.15 bits per heavy atom. The molecule has 3 nitrogen and oxygen atoms in total. The van der Waals surface area contributed by atoms with Crippen molar-refractivity contribution >= 4 is 27.6 Å². The minimum absolute atomic E-state index is 0.123. The van der Waals surface area contributed by atoms with Gasteiger partial charge in [0.15, 0.2) is 0 Å². The van der Waals surface area contributed by atoms with Gasteiger partial charge >= 0.3 is 5.97 Å². The number of hydrogen-bond donors (Lipinski definition) is 1. The third-order valence-corrected chi connectivity index (χ3v) is 4.81. The highest BCUT2D eigenvalue weighted by Gasteiger charge is 2.55. The Morgan fingerprint density at radius 3 is 2.70 bits per heavy atom. The molecule has 1 unspecified atom stereocenters. The third kappa shape index (κ3) is 2.71. The monoisotopic (exact) mass is 339 g/mol. The quantitative estimate of drug-likeness (QED) is 0.827. The Labute approximate surface area is 129 Å². The van der Waals surface area contributed by atoms with Crippen LogP contribution in [0.25, 0.3) is 0 Å². The number of hydrogen-bond acceptors (Lipinski definition) is 3. The maximum absolute atomic E-state index is 12.6. The van der Waals surface area contributed by atoms with Crippen molar-refractivity contribution in [3.63, 3.8) is 0 Å². The van der Waals surface area contributed by atoms with E-state index in [1.165, 1.54) is 0 Å². The Bertz CT molecular complexity index is 501. The van der Waals surface area contributed by atoms with E-state index in [4.69, 9.17) is 4.74 Å². The summed E-state index contributed by atoms with van der Waals surface area (Å²) < 4.78 is 6.35. The lowest BCUT2D eigenvalue weighted by Gasteiger charge is -2.40. The molecule has 1 aromatic rings. The minimum atomic E-state index is -0.635. The maximum atomic E-state index is 12.6. The number of carbonyl (C=O) groups is 1. The highest BCUT2D eigenvalue weighted by Crippen LogP contribution is 2.48. The molecule has 0 spiro atoms. The first kappa shape index (κ1) is 15.4. The van der Waals surface area contributed by atoms with Crippen molar-refractivity contribution in [3.05, 3.63) is 28.7 Å². The molecule has 1 aromatic carbocycles. The molecule has 0 heterocycles. The molecule has 0 amide bonds. The van der Waals surface area contributed by atoms with Gasteiger partial charge in [0.25, 0.3) is 0 Å². The van der Waals surface area contributed by atoms with Gasteiger partial charge in [-0.15, -0.1) is 0 Å². The zero-order valence-electron chi connectivity index (χ0n) is 12.3. The first-order valence-electron chi connectivity index (χ1n) is 7.12. The van der Waals surface area contributed by atoms with Crippen LogP contribution in [-0.4, -0.2) is 18.1 Å². The van der Waals surface area contributed by atoms with E-state index in [1.807, 2.05) is 31.2 Å². The van der Waals surface area contributed by atoms with E-state index >= 15 is 0 Å². The standard InChI is InChI=1S/C16H22BrNO2/c1-4-20-14(19)16(10-6-9-15(16,2)3)18-13-8-5-7-12(17)11-13/h5,7-8,11,18H,4,6,9-10H2,1-3H3. The molecule has 0 bridgehead atoms. The van der Waals surface area contributed by atoms with Gasteiger partial charge in [-0.2, -0.15) is 0 Å². The van der Waals surface area contributed by atoms with E-state index < -0.39 is 5.54 Å². The van der Waals surface area contributed by atoms with Gasteiger partial charge in [0, 0.05) is 10.2 Å². The van der Waals surface area contributed by atoms with Gasteiger partial charge in [-0.25, -0.2) is 4.79 Å². The van der Waals surface area contributed by atoms with Crippen LogP contribution in [-0.2, 0) is 9.53 Å². The van der Waals surface area contributed by atoms with Crippen molar-refractivity contribution in [1.29, 1.82) is 0 Å². The van der Waals surface area contributed by atoms with Crippen molar-refractivity contribution in [3.8, 4) is 0 Å². The Kier molecular flexibility index (Phi) is 4.43. The predicted octanol–water partition coefficient (Wildman–Crippen LogP) is 4.37. The molecule has 0 aromatic heterocycles. The van der Waals surface area contributed by atoms with Gasteiger partial charge in [-0.3, -0.25) is 0 Å². The summed E-state index contributed by atoms with van der Waals surface area (Å²) >= 11 is 3.47. The molecule has 1 saturated carbocycles. The molecule has 4 heteroatoms. The Morgan fingerprint density at radius 1 is 1.40 bits per heavy atom. The third-order valence-electron chi connectivity index (χ3n) is 4.32. The zero-order chi connectivity index (χ0) is 14.8. The topological polar surface area (TPSA) is 38.3 Å². The van der Waals surface area contributed by atoms with Crippen LogP contribution in [0.3, 0.4) is 0 Å². The number of ether oxygens (including phenoxy) is 1. The minimum Gasteiger partial charge on any atom is -0.464 e. The Balaban J connectivity index is 2.35. The number of carbonyl (C=O) groups excluding carboxylic acids is 1. The van der Waals surface area contributed by atoms with E-state index in [0.29, 0.717) is 6.61 Å². The molecule has 1 aliphatic carbocycles. The molecular formula is C16H22BrNO2. The number of nitrogens with one attached hydrogen (secondary N) is 1. The molecule has 1 N–H and O–H groups in total. The van der Waals surface area contributed by atoms with Crippen molar-refractivity contribution in [2.75, 3.05) is 11.9 Å². The van der Waals surface area contributed by atoms with E-state index in [9.17, 15) is 4.79 Å². The summed E-state index contributed by atoms with van der Waals surface area (Å²) in [5.74, 6) is -0.137. The van der Waals surface area contributed by atoms with Crippen LogP contribution in [0.1, 0.15) is 40.0 Å². The first-order valence-corrected chi connectivity index (χ1v) is 7.91. The molecule has 20 heavy (non-hydrogen) atoms. The number of esters is 1. The fourth-order valence-electron chi connectivity index (χ4n) is 3.08. The van der Waals surface area contributed by atoms with Crippen molar-refractivity contribution in [1.82, 2.24) is 0 Å². The molecule has 0 saturated heterocycles. The lowest BCUT2D eigenvalue weighted by Crippen LogP contribution is -2.54. The summed E-state index contributed by atoms with van der Waals surface area (Å²) in [5, 5.41) is 3.47. The number of benzene rings is 1. The second-order valence-electron chi connectivity index (χ2n) is 6.00. The zero-order valence-corrected chi connectivity index (χ0v) is 13.9. The fraction of sp³-hybridized carbons (Fsp3) is 0.562. The molecule has 0 radical (unpaired) electrons. The number of halogens is 1. The van der Waals surface area contributed by atoms with Gasteiger partial charge in [0.1, 0.15) is 5.54 Å². The average molecular weight is 340 g/mol. The molecule has 0 aliphatic heterocycles. The van der Waals surface area contributed by atoms with Crippen molar-refractivity contribution < 1.29 is 9.53 Å². The molecule has 1 fully saturated rings. The molecule has 1 atom stereocenters. The first-order chi connectivity index (χ1) is 9.41. The van der Waals surface area contributed by atoms with E-state index in [2.05, 4.69) is 35.1 Å². The van der Waals surface area contributed by atoms with Crippen LogP contribution in [0.5, 0.6) is 0 Å². The van der Waals surface area contributed by atoms with E-state index in [0.717, 1.165) is 29.4 Å². The van der Waals surface area contributed by atoms with Crippen LogP contribution in [0.2, 0.25) is 0 Å². The lowest BCUT2D eigenvalue weighted by molar-refractivity contribution is -0.151. The van der Waals surface area contributed by atoms with Gasteiger partial charge < -0.3 is 10.1 Å². The highest BCUT2D eigenvalue weighted by molar-refractivity contribution is 9.10. The highest BCUT2D eigenvalue weighted by atomic mass is 79.9. The van der Waals surface area contributed by atoms with Crippen LogP contribution in [0.15, 0.2) is 28.7 Å². The second-order valence-corrected chi connectivity index (χ2v) is 6.91. The van der Waals surface area contributed by atoms with Crippen LogP contribution < -0.4 is 5.32 Å². The second kappa shape index (κ2) is 5.76. The average Bonchev–Trinajstić information content (AvgIpc) is 2.66. The number of rotatable bonds is 4. The SMILES string of the molecule is CCOC(=O)C1(Nc2cccc(Br)c2)CCCC1(C)C. The van der Waals surface area contributed by atoms with Crippen molar-refractivity contribution in [2.24, 2.45) is 5.41 Å². The van der Waals surface area contributed by atoms with Gasteiger partial charge in [-0.05, 0) is 49.8 Å². The molecular weight excluding hydrogens is 318 g/mol. The van der Waals surface area contributed by atoms with Gasteiger partial charge in [0.2, 0.25) is 0 Å².